The molecule has 0 unspecified atom stereocenters. The van der Waals surface area contributed by atoms with E-state index in [0.717, 1.165) is 0 Å². The number of nitro groups is 1. The first kappa shape index (κ1) is 14.2. The average Bonchev–Trinajstić information content (AvgIpc) is 2.97. The van der Waals surface area contributed by atoms with E-state index in [9.17, 15) is 19.7 Å². The van der Waals surface area contributed by atoms with Crippen LogP contribution < -0.4 is 0 Å². The molecule has 1 aromatic heterocycles. The zero-order valence-corrected chi connectivity index (χ0v) is 11.6. The van der Waals surface area contributed by atoms with Gasteiger partial charge < -0.3 is 14.6 Å². The molecule has 0 aliphatic carbocycles. The monoisotopic (exact) mass is 303 g/mol. The number of aromatic amines is 1. The number of carbonyl (C=O) groups is 2. The summed E-state index contributed by atoms with van der Waals surface area (Å²) >= 11 is 0. The van der Waals surface area contributed by atoms with E-state index in [0.29, 0.717) is 37.2 Å². The molecule has 0 spiro atoms. The van der Waals surface area contributed by atoms with E-state index in [2.05, 4.69) is 4.98 Å². The molecular weight excluding hydrogens is 290 g/mol. The highest BCUT2D eigenvalue weighted by molar-refractivity contribution is 6.44. The number of benzene rings is 1. The lowest BCUT2D eigenvalue weighted by atomic mass is 10.1. The van der Waals surface area contributed by atoms with Crippen LogP contribution in [0.25, 0.3) is 10.9 Å². The Kier molecular flexibility index (Phi) is 3.60. The molecule has 0 radical (unpaired) electrons. The van der Waals surface area contributed by atoms with Gasteiger partial charge in [0, 0.05) is 42.3 Å². The average molecular weight is 303 g/mol. The number of hydrogen-bond donors (Lipinski definition) is 1. The van der Waals surface area contributed by atoms with Gasteiger partial charge in [0.1, 0.15) is 0 Å². The molecular formula is C14H13N3O5. The van der Waals surface area contributed by atoms with E-state index in [1.54, 1.807) is 0 Å². The molecule has 1 N–H and O–H groups in total. The maximum absolute atomic E-state index is 12.4. The number of ether oxygens (including phenoxy) is 1. The molecule has 1 aliphatic rings. The van der Waals surface area contributed by atoms with Gasteiger partial charge in [0.15, 0.2) is 0 Å². The molecule has 3 rings (SSSR count). The molecule has 0 bridgehead atoms. The number of rotatable bonds is 3. The fourth-order valence-corrected chi connectivity index (χ4v) is 2.44. The third-order valence-electron chi connectivity index (χ3n) is 3.61. The number of amides is 1. The highest BCUT2D eigenvalue weighted by atomic mass is 16.6. The predicted molar refractivity (Wildman–Crippen MR) is 76.7 cm³/mol. The van der Waals surface area contributed by atoms with Crippen LogP contribution in [0, 0.1) is 10.1 Å². The molecule has 2 aromatic rings. The molecule has 114 valence electrons. The van der Waals surface area contributed by atoms with Gasteiger partial charge in [-0.2, -0.15) is 0 Å². The number of morpholine rings is 1. The lowest BCUT2D eigenvalue weighted by Gasteiger charge is -2.25. The number of nitrogens with one attached hydrogen (secondary N) is 1. The summed E-state index contributed by atoms with van der Waals surface area (Å²) in [4.78, 5) is 39.2. The molecule has 1 aliphatic heterocycles. The minimum atomic E-state index is -0.673. The van der Waals surface area contributed by atoms with Crippen LogP contribution in [-0.4, -0.2) is 52.8 Å². The van der Waals surface area contributed by atoms with Gasteiger partial charge in [-0.1, -0.05) is 0 Å². The quantitative estimate of drug-likeness (QED) is 0.396. The maximum atomic E-state index is 12.4. The number of nitrogens with zero attached hydrogens (tertiary/aromatic N) is 2. The first-order valence-corrected chi connectivity index (χ1v) is 6.75. The molecule has 0 atom stereocenters. The van der Waals surface area contributed by atoms with E-state index in [1.165, 1.54) is 29.3 Å². The molecule has 8 heteroatoms. The summed E-state index contributed by atoms with van der Waals surface area (Å²) in [6.45, 7) is 1.54. The predicted octanol–water partition coefficient (Wildman–Crippen LogP) is 1.12. The minimum absolute atomic E-state index is 0.125. The van der Waals surface area contributed by atoms with Crippen molar-refractivity contribution in [3.63, 3.8) is 0 Å². The Labute approximate surface area is 124 Å². The summed E-state index contributed by atoms with van der Waals surface area (Å²) < 4.78 is 5.15. The Hall–Kier alpha value is -2.74. The number of fused-ring (bicyclic) bond motifs is 1. The van der Waals surface area contributed by atoms with Crippen molar-refractivity contribution >= 4 is 28.3 Å². The van der Waals surface area contributed by atoms with Crippen molar-refractivity contribution in [2.24, 2.45) is 0 Å². The molecule has 2 heterocycles. The van der Waals surface area contributed by atoms with E-state index >= 15 is 0 Å². The zero-order chi connectivity index (χ0) is 15.7. The van der Waals surface area contributed by atoms with Crippen molar-refractivity contribution in [2.75, 3.05) is 26.3 Å². The van der Waals surface area contributed by atoms with Crippen molar-refractivity contribution in [2.45, 2.75) is 0 Å². The molecule has 1 fully saturated rings. The first-order valence-electron chi connectivity index (χ1n) is 6.75. The van der Waals surface area contributed by atoms with Crippen molar-refractivity contribution < 1.29 is 19.2 Å². The largest absolute Gasteiger partial charge is 0.378 e. The van der Waals surface area contributed by atoms with Crippen LogP contribution >= 0.6 is 0 Å². The van der Waals surface area contributed by atoms with Crippen LogP contribution in [0.1, 0.15) is 10.4 Å². The zero-order valence-electron chi connectivity index (χ0n) is 11.6. The van der Waals surface area contributed by atoms with E-state index in [-0.39, 0.29) is 11.3 Å². The van der Waals surface area contributed by atoms with Gasteiger partial charge in [0.25, 0.3) is 17.4 Å². The van der Waals surface area contributed by atoms with Crippen LogP contribution in [-0.2, 0) is 9.53 Å². The summed E-state index contributed by atoms with van der Waals surface area (Å²) in [5.74, 6) is -1.29. The van der Waals surface area contributed by atoms with Crippen molar-refractivity contribution in [1.82, 2.24) is 9.88 Å². The Balaban J connectivity index is 1.94. The fraction of sp³-hybridized carbons (Fsp3) is 0.286. The Morgan fingerprint density at radius 2 is 2.00 bits per heavy atom. The number of non-ortho nitro benzene ring substituents is 1. The smallest absolute Gasteiger partial charge is 0.295 e. The van der Waals surface area contributed by atoms with Crippen molar-refractivity contribution in [3.8, 4) is 0 Å². The lowest BCUT2D eigenvalue weighted by molar-refractivity contribution is -0.384. The van der Waals surface area contributed by atoms with E-state index in [4.69, 9.17) is 4.74 Å². The number of carbonyl (C=O) groups excluding carboxylic acids is 2. The number of H-pyrrole nitrogens is 1. The third kappa shape index (κ3) is 2.44. The molecule has 8 nitrogen and oxygen atoms in total. The van der Waals surface area contributed by atoms with Gasteiger partial charge >= 0.3 is 0 Å². The van der Waals surface area contributed by atoms with E-state index < -0.39 is 16.6 Å². The maximum Gasteiger partial charge on any atom is 0.295 e. The summed E-state index contributed by atoms with van der Waals surface area (Å²) in [5, 5.41) is 11.2. The normalized spacial score (nSPS) is 15.0. The van der Waals surface area contributed by atoms with Crippen molar-refractivity contribution in [1.29, 1.82) is 0 Å². The van der Waals surface area contributed by atoms with Gasteiger partial charge in [-0.05, 0) is 6.07 Å². The number of nitro benzene ring substituents is 1. The van der Waals surface area contributed by atoms with Crippen LogP contribution in [0.3, 0.4) is 0 Å². The van der Waals surface area contributed by atoms with Crippen LogP contribution in [0.15, 0.2) is 24.4 Å². The molecule has 1 amide bonds. The summed E-state index contributed by atoms with van der Waals surface area (Å²) in [6, 6.07) is 4.16. The van der Waals surface area contributed by atoms with Gasteiger partial charge in [-0.15, -0.1) is 0 Å². The topological polar surface area (TPSA) is 106 Å². The second-order valence-electron chi connectivity index (χ2n) is 4.92. The van der Waals surface area contributed by atoms with Gasteiger partial charge in [-0.3, -0.25) is 19.7 Å². The third-order valence-corrected chi connectivity index (χ3v) is 3.61. The second kappa shape index (κ2) is 5.57. The molecule has 1 saturated heterocycles. The number of hydrogen-bond acceptors (Lipinski definition) is 5. The fourth-order valence-electron chi connectivity index (χ4n) is 2.44. The minimum Gasteiger partial charge on any atom is -0.378 e. The summed E-state index contributed by atoms with van der Waals surface area (Å²) in [6.07, 6.45) is 1.41. The van der Waals surface area contributed by atoms with Gasteiger partial charge in [-0.25, -0.2) is 0 Å². The number of ketones is 1. The van der Waals surface area contributed by atoms with E-state index in [1.807, 2.05) is 0 Å². The van der Waals surface area contributed by atoms with Gasteiger partial charge in [0.2, 0.25) is 0 Å². The summed E-state index contributed by atoms with van der Waals surface area (Å²) in [5.41, 5.74) is 0.596. The number of aromatic nitrogens is 1. The number of Topliss-reactive ketones (excluding diaryl/α,β-unsaturated/α-hetero) is 1. The standard InChI is InChI=1S/C14H13N3O5/c18-13(14(19)16-3-5-22-6-4-16)11-8-15-12-2-1-9(17(20)21)7-10(11)12/h1-2,7-8,15H,3-6H2. The molecule has 0 saturated carbocycles. The Bertz CT molecular complexity index is 761. The SMILES string of the molecule is O=C(C(=O)N1CCOCC1)c1c[nH]c2ccc([N+](=O)[O-])cc12. The molecule has 1 aromatic carbocycles. The van der Waals surface area contributed by atoms with Crippen LogP contribution in [0.5, 0.6) is 0 Å². The molecule has 22 heavy (non-hydrogen) atoms. The Morgan fingerprint density at radius 3 is 2.68 bits per heavy atom. The lowest BCUT2D eigenvalue weighted by Crippen LogP contribution is -2.44. The van der Waals surface area contributed by atoms with Crippen LogP contribution in [0.4, 0.5) is 5.69 Å². The Morgan fingerprint density at radius 1 is 1.27 bits per heavy atom. The second-order valence-corrected chi connectivity index (χ2v) is 4.92. The summed E-state index contributed by atoms with van der Waals surface area (Å²) in [7, 11) is 0. The van der Waals surface area contributed by atoms with Crippen molar-refractivity contribution in [3.05, 3.63) is 40.1 Å². The highest BCUT2D eigenvalue weighted by Crippen LogP contribution is 2.24. The highest BCUT2D eigenvalue weighted by Gasteiger charge is 2.27. The van der Waals surface area contributed by atoms with Crippen LogP contribution in [0.2, 0.25) is 0 Å². The van der Waals surface area contributed by atoms with Gasteiger partial charge in [0.05, 0.1) is 23.7 Å². The first-order chi connectivity index (χ1) is 10.6.